The number of hydrogen-bond acceptors (Lipinski definition) is 3. The van der Waals surface area contributed by atoms with Gasteiger partial charge >= 0.3 is 5.97 Å². The molecule has 0 heterocycles. The smallest absolute Gasteiger partial charge is 0.307 e. The minimum absolute atomic E-state index is 0.166. The largest absolute Gasteiger partial charge is 0.493 e. The number of ether oxygens (including phenoxy) is 1. The molecule has 0 fully saturated rings. The van der Waals surface area contributed by atoms with Crippen molar-refractivity contribution >= 4 is 5.97 Å². The third kappa shape index (κ3) is 2.23. The van der Waals surface area contributed by atoms with E-state index in [1.807, 2.05) is 0 Å². The van der Waals surface area contributed by atoms with Crippen molar-refractivity contribution < 1.29 is 19.0 Å². The summed E-state index contributed by atoms with van der Waals surface area (Å²) in [6.07, 6.45) is -0.341. The molecule has 0 saturated heterocycles. The first-order chi connectivity index (χ1) is 7.10. The van der Waals surface area contributed by atoms with Gasteiger partial charge in [-0.3, -0.25) is 4.79 Å². The first kappa shape index (κ1) is 11.0. The first-order valence-corrected chi connectivity index (χ1v) is 4.07. The van der Waals surface area contributed by atoms with Gasteiger partial charge in [0.05, 0.1) is 19.1 Å². The van der Waals surface area contributed by atoms with E-state index in [1.165, 1.54) is 19.2 Å². The highest BCUT2D eigenvalue weighted by Crippen LogP contribution is 2.25. The maximum atomic E-state index is 13.4. The fourth-order valence-corrected chi connectivity index (χ4v) is 1.21. The molecule has 78 valence electrons. The Morgan fingerprint density at radius 2 is 2.33 bits per heavy atom. The quantitative estimate of drug-likeness (QED) is 0.815. The van der Waals surface area contributed by atoms with Gasteiger partial charge in [-0.1, -0.05) is 6.07 Å². The average molecular weight is 209 g/mol. The van der Waals surface area contributed by atoms with E-state index in [2.05, 4.69) is 0 Å². The average Bonchev–Trinajstić information content (AvgIpc) is 2.18. The summed E-state index contributed by atoms with van der Waals surface area (Å²) < 4.78 is 18.2. The molecule has 1 rings (SSSR count). The topological polar surface area (TPSA) is 70.3 Å². The number of carboxylic acids is 1. The molecule has 0 aromatic heterocycles. The van der Waals surface area contributed by atoms with Crippen molar-refractivity contribution in [1.82, 2.24) is 0 Å². The van der Waals surface area contributed by atoms with Crippen molar-refractivity contribution in [2.75, 3.05) is 7.11 Å². The molecular weight excluding hydrogens is 201 g/mol. The fraction of sp³-hybridized carbons (Fsp3) is 0.200. The summed E-state index contributed by atoms with van der Waals surface area (Å²) in [6.45, 7) is 0. The molecular formula is C10H8FNO3. The molecule has 15 heavy (non-hydrogen) atoms. The summed E-state index contributed by atoms with van der Waals surface area (Å²) in [6, 6.07) is 4.25. The Bertz CT molecular complexity index is 437. The third-order valence-electron chi connectivity index (χ3n) is 1.84. The minimum Gasteiger partial charge on any atom is -0.493 e. The van der Waals surface area contributed by atoms with Crippen LogP contribution in [-0.4, -0.2) is 18.2 Å². The molecule has 0 amide bonds. The van der Waals surface area contributed by atoms with Gasteiger partial charge in [0.1, 0.15) is 6.07 Å². The summed E-state index contributed by atoms with van der Waals surface area (Å²) in [4.78, 5) is 10.5. The number of carbonyl (C=O) groups is 1. The standard InChI is InChI=1S/C10H8FNO3/c1-15-10-6(4-8(13)14)2-3-7(5-12)9(10)11/h2-3H,4H2,1H3,(H,13,14). The van der Waals surface area contributed by atoms with Crippen LogP contribution < -0.4 is 4.74 Å². The first-order valence-electron chi connectivity index (χ1n) is 4.07. The number of nitrogens with zero attached hydrogens (tertiary/aromatic N) is 1. The highest BCUT2D eigenvalue weighted by Gasteiger charge is 2.15. The van der Waals surface area contributed by atoms with Gasteiger partial charge in [0, 0.05) is 5.56 Å². The number of carboxylic acid groups (broad SMARTS) is 1. The lowest BCUT2D eigenvalue weighted by atomic mass is 10.1. The van der Waals surface area contributed by atoms with Crippen molar-refractivity contribution in [3.8, 4) is 11.8 Å². The van der Waals surface area contributed by atoms with Gasteiger partial charge < -0.3 is 9.84 Å². The Morgan fingerprint density at radius 3 is 2.80 bits per heavy atom. The SMILES string of the molecule is COc1c(CC(=O)O)ccc(C#N)c1F. The van der Waals surface area contributed by atoms with E-state index in [0.29, 0.717) is 0 Å². The summed E-state index contributed by atoms with van der Waals surface area (Å²) in [5.74, 6) is -2.09. The van der Waals surface area contributed by atoms with Crippen molar-refractivity contribution in [1.29, 1.82) is 5.26 Å². The zero-order valence-electron chi connectivity index (χ0n) is 7.95. The Hall–Kier alpha value is -2.09. The number of methoxy groups -OCH3 is 1. The molecule has 0 saturated carbocycles. The van der Waals surface area contributed by atoms with Crippen LogP contribution in [0.1, 0.15) is 11.1 Å². The monoisotopic (exact) mass is 209 g/mol. The van der Waals surface area contributed by atoms with Crippen molar-refractivity contribution in [3.05, 3.63) is 29.1 Å². The van der Waals surface area contributed by atoms with Gasteiger partial charge in [0.2, 0.25) is 0 Å². The van der Waals surface area contributed by atoms with Gasteiger partial charge in [-0.05, 0) is 6.07 Å². The second-order valence-corrected chi connectivity index (χ2v) is 2.80. The van der Waals surface area contributed by atoms with Crippen LogP contribution in [0.15, 0.2) is 12.1 Å². The van der Waals surface area contributed by atoms with E-state index < -0.39 is 11.8 Å². The Labute approximate surface area is 85.5 Å². The number of nitriles is 1. The van der Waals surface area contributed by atoms with E-state index in [4.69, 9.17) is 15.1 Å². The third-order valence-corrected chi connectivity index (χ3v) is 1.84. The molecule has 0 spiro atoms. The van der Waals surface area contributed by atoms with Gasteiger partial charge in [-0.25, -0.2) is 4.39 Å². The molecule has 0 radical (unpaired) electrons. The van der Waals surface area contributed by atoms with Crippen LogP contribution in [-0.2, 0) is 11.2 Å². The lowest BCUT2D eigenvalue weighted by molar-refractivity contribution is -0.136. The Kier molecular flexibility index (Phi) is 3.24. The Morgan fingerprint density at radius 1 is 1.67 bits per heavy atom. The van der Waals surface area contributed by atoms with Crippen LogP contribution in [0.2, 0.25) is 0 Å². The molecule has 0 aliphatic carbocycles. The van der Waals surface area contributed by atoms with Gasteiger partial charge in [0.25, 0.3) is 0 Å². The predicted molar refractivity (Wildman–Crippen MR) is 49.0 cm³/mol. The number of aliphatic carboxylic acids is 1. The summed E-state index contributed by atoms with van der Waals surface area (Å²) >= 11 is 0. The molecule has 0 bridgehead atoms. The minimum atomic E-state index is -1.09. The molecule has 0 aliphatic rings. The zero-order chi connectivity index (χ0) is 11.4. The van der Waals surface area contributed by atoms with Crippen molar-refractivity contribution in [2.24, 2.45) is 0 Å². The Balaban J connectivity index is 3.25. The molecule has 1 aromatic rings. The van der Waals surface area contributed by atoms with Crippen LogP contribution in [0.3, 0.4) is 0 Å². The van der Waals surface area contributed by atoms with Crippen LogP contribution in [0.4, 0.5) is 4.39 Å². The fourth-order valence-electron chi connectivity index (χ4n) is 1.21. The summed E-state index contributed by atoms with van der Waals surface area (Å²) in [5.41, 5.74) is 0.0440. The van der Waals surface area contributed by atoms with Gasteiger partial charge in [-0.15, -0.1) is 0 Å². The van der Waals surface area contributed by atoms with E-state index in [-0.39, 0.29) is 23.3 Å². The summed E-state index contributed by atoms with van der Waals surface area (Å²) in [5, 5.41) is 17.1. The normalized spacial score (nSPS) is 9.40. The number of benzene rings is 1. The zero-order valence-corrected chi connectivity index (χ0v) is 7.95. The second kappa shape index (κ2) is 4.42. The predicted octanol–water partition coefficient (Wildman–Crippen LogP) is 1.33. The highest BCUT2D eigenvalue weighted by atomic mass is 19.1. The van der Waals surface area contributed by atoms with Gasteiger partial charge in [0.15, 0.2) is 11.6 Å². The number of hydrogen-bond donors (Lipinski definition) is 1. The lowest BCUT2D eigenvalue weighted by Crippen LogP contribution is -2.04. The van der Waals surface area contributed by atoms with E-state index in [1.54, 1.807) is 6.07 Å². The summed E-state index contributed by atoms with van der Waals surface area (Å²) in [7, 11) is 1.23. The number of rotatable bonds is 3. The molecule has 0 atom stereocenters. The van der Waals surface area contributed by atoms with Gasteiger partial charge in [-0.2, -0.15) is 5.26 Å². The van der Waals surface area contributed by atoms with E-state index in [9.17, 15) is 9.18 Å². The maximum Gasteiger partial charge on any atom is 0.307 e. The lowest BCUT2D eigenvalue weighted by Gasteiger charge is -2.08. The van der Waals surface area contributed by atoms with Crippen LogP contribution in [0.5, 0.6) is 5.75 Å². The van der Waals surface area contributed by atoms with Crippen molar-refractivity contribution in [2.45, 2.75) is 6.42 Å². The maximum absolute atomic E-state index is 13.4. The van der Waals surface area contributed by atoms with E-state index in [0.717, 1.165) is 0 Å². The van der Waals surface area contributed by atoms with Crippen LogP contribution in [0, 0.1) is 17.1 Å². The number of halogens is 1. The van der Waals surface area contributed by atoms with Crippen LogP contribution >= 0.6 is 0 Å². The van der Waals surface area contributed by atoms with Crippen LogP contribution in [0.25, 0.3) is 0 Å². The molecule has 1 N–H and O–H groups in total. The molecule has 5 heteroatoms. The van der Waals surface area contributed by atoms with Crippen molar-refractivity contribution in [3.63, 3.8) is 0 Å². The van der Waals surface area contributed by atoms with E-state index >= 15 is 0 Å². The second-order valence-electron chi connectivity index (χ2n) is 2.80. The molecule has 4 nitrogen and oxygen atoms in total. The molecule has 1 aromatic carbocycles. The molecule has 0 aliphatic heterocycles. The molecule has 0 unspecified atom stereocenters. The highest BCUT2D eigenvalue weighted by molar-refractivity contribution is 5.71.